The van der Waals surface area contributed by atoms with Crippen LogP contribution in [0.1, 0.15) is 5.01 Å². The van der Waals surface area contributed by atoms with Crippen molar-refractivity contribution in [3.8, 4) is 17.5 Å². The number of rotatable bonds is 5. The Morgan fingerprint density at radius 1 is 1.15 bits per heavy atom. The van der Waals surface area contributed by atoms with Gasteiger partial charge in [0.1, 0.15) is 6.61 Å². The number of benzene rings is 1. The maximum Gasteiger partial charge on any atom is 0.415 e. The highest BCUT2D eigenvalue weighted by atomic mass is 32.2. The van der Waals surface area contributed by atoms with E-state index in [4.69, 9.17) is 9.15 Å². The summed E-state index contributed by atoms with van der Waals surface area (Å²) in [6.45, 7) is 0.272. The highest BCUT2D eigenvalue weighted by Crippen LogP contribution is 2.23. The summed E-state index contributed by atoms with van der Waals surface area (Å²) in [5, 5.41) is 16.5. The smallest absolute Gasteiger partial charge is 0.415 e. The van der Waals surface area contributed by atoms with E-state index < -0.39 is 0 Å². The second-order valence-corrected chi connectivity index (χ2v) is 5.81. The van der Waals surface area contributed by atoms with E-state index in [0.717, 1.165) is 14.9 Å². The molecule has 2 heterocycles. The largest absolute Gasteiger partial charge is 0.442 e. The average Bonchev–Trinajstić information content (AvgIpc) is 3.15. The maximum atomic E-state index is 5.43. The van der Waals surface area contributed by atoms with Crippen LogP contribution in [-0.4, -0.2) is 26.7 Å². The van der Waals surface area contributed by atoms with Gasteiger partial charge in [-0.3, -0.25) is 0 Å². The molecule has 0 bridgehead atoms. The van der Waals surface area contributed by atoms with Crippen LogP contribution in [0.15, 0.2) is 39.1 Å². The van der Waals surface area contributed by atoms with E-state index in [9.17, 15) is 0 Å². The van der Waals surface area contributed by atoms with Gasteiger partial charge in [-0.25, -0.2) is 0 Å². The zero-order chi connectivity index (χ0) is 13.8. The Labute approximate surface area is 123 Å². The van der Waals surface area contributed by atoms with E-state index in [-0.39, 0.29) is 12.7 Å². The molecule has 1 aromatic carbocycles. The van der Waals surface area contributed by atoms with Crippen LogP contribution < -0.4 is 4.74 Å². The third-order valence-electron chi connectivity index (χ3n) is 2.37. The Morgan fingerprint density at radius 3 is 2.75 bits per heavy atom. The van der Waals surface area contributed by atoms with Crippen molar-refractivity contribution < 1.29 is 9.15 Å². The lowest BCUT2D eigenvalue weighted by Crippen LogP contribution is -1.94. The van der Waals surface area contributed by atoms with Crippen molar-refractivity contribution in [3.63, 3.8) is 0 Å². The molecule has 0 N–H and O–H groups in total. The van der Waals surface area contributed by atoms with Crippen molar-refractivity contribution >= 4 is 23.1 Å². The van der Waals surface area contributed by atoms with Gasteiger partial charge in [-0.05, 0) is 18.4 Å². The quantitative estimate of drug-likeness (QED) is 0.671. The summed E-state index contributed by atoms with van der Waals surface area (Å²) in [5.74, 6) is 0.433. The summed E-state index contributed by atoms with van der Waals surface area (Å²) in [4.78, 5) is 0. The molecule has 0 atom stereocenters. The molecule has 0 amide bonds. The van der Waals surface area contributed by atoms with E-state index in [1.165, 1.54) is 11.3 Å². The summed E-state index contributed by atoms with van der Waals surface area (Å²) in [5.41, 5.74) is 0.857. The highest BCUT2D eigenvalue weighted by molar-refractivity contribution is 8.00. The first-order chi connectivity index (χ1) is 9.85. The number of nitrogens with zero attached hydrogens (tertiary/aromatic N) is 4. The molecular formula is C12H10N4O2S2. The molecule has 0 saturated heterocycles. The van der Waals surface area contributed by atoms with E-state index in [2.05, 4.69) is 20.4 Å². The second-order valence-electron chi connectivity index (χ2n) is 3.69. The minimum atomic E-state index is 0.129. The molecule has 0 aliphatic heterocycles. The van der Waals surface area contributed by atoms with Crippen molar-refractivity contribution in [2.24, 2.45) is 0 Å². The molecule has 0 unspecified atom stereocenters. The molecular weight excluding hydrogens is 296 g/mol. The molecule has 0 fully saturated rings. The zero-order valence-electron chi connectivity index (χ0n) is 10.5. The Hall–Kier alpha value is -1.93. The van der Waals surface area contributed by atoms with Gasteiger partial charge in [-0.1, -0.05) is 46.4 Å². The molecule has 0 radical (unpaired) electrons. The fraction of sp³-hybridized carbons (Fsp3) is 0.167. The molecule has 102 valence electrons. The van der Waals surface area contributed by atoms with E-state index in [0.29, 0.717) is 5.89 Å². The fourth-order valence-electron chi connectivity index (χ4n) is 1.47. The van der Waals surface area contributed by atoms with Gasteiger partial charge in [0, 0.05) is 5.56 Å². The summed E-state index contributed by atoms with van der Waals surface area (Å²) in [7, 11) is 0. The van der Waals surface area contributed by atoms with Gasteiger partial charge in [-0.15, -0.1) is 15.3 Å². The lowest BCUT2D eigenvalue weighted by Gasteiger charge is -1.95. The predicted molar refractivity (Wildman–Crippen MR) is 75.8 cm³/mol. The molecule has 0 saturated carbocycles. The van der Waals surface area contributed by atoms with E-state index in [1.54, 1.807) is 11.8 Å². The molecule has 3 rings (SSSR count). The summed E-state index contributed by atoms with van der Waals surface area (Å²) >= 11 is 3.03. The molecule has 0 aliphatic rings. The van der Waals surface area contributed by atoms with E-state index in [1.807, 2.05) is 36.6 Å². The van der Waals surface area contributed by atoms with Crippen molar-refractivity contribution in [2.45, 2.75) is 10.9 Å². The van der Waals surface area contributed by atoms with Gasteiger partial charge in [0.05, 0.1) is 0 Å². The highest BCUT2D eigenvalue weighted by Gasteiger charge is 2.10. The molecule has 20 heavy (non-hydrogen) atoms. The minimum Gasteiger partial charge on any atom is -0.442 e. The second kappa shape index (κ2) is 6.02. The van der Waals surface area contributed by atoms with Crippen LogP contribution in [0, 0.1) is 0 Å². The lowest BCUT2D eigenvalue weighted by molar-refractivity contribution is 0.221. The Kier molecular flexibility index (Phi) is 3.93. The van der Waals surface area contributed by atoms with Crippen LogP contribution in [0.25, 0.3) is 11.5 Å². The number of thioether (sulfide) groups is 1. The number of hydrogen-bond acceptors (Lipinski definition) is 8. The Bertz CT molecular complexity index is 684. The van der Waals surface area contributed by atoms with Crippen LogP contribution in [0.2, 0.25) is 0 Å². The van der Waals surface area contributed by atoms with Crippen LogP contribution in [0.5, 0.6) is 6.08 Å². The summed E-state index contributed by atoms with van der Waals surface area (Å²) < 4.78 is 11.7. The summed E-state index contributed by atoms with van der Waals surface area (Å²) in [6, 6.07) is 9.53. The molecule has 0 spiro atoms. The SMILES string of the molecule is CSc1nnc(COc2nnc(-c3ccccc3)o2)s1. The van der Waals surface area contributed by atoms with Gasteiger partial charge in [0.15, 0.2) is 9.35 Å². The first-order valence-electron chi connectivity index (χ1n) is 5.73. The molecule has 2 aromatic heterocycles. The van der Waals surface area contributed by atoms with Crippen LogP contribution >= 0.6 is 23.1 Å². The molecule has 3 aromatic rings. The van der Waals surface area contributed by atoms with Gasteiger partial charge in [0.2, 0.25) is 0 Å². The number of aromatic nitrogens is 4. The molecule has 8 heteroatoms. The first kappa shape index (κ1) is 13.1. The fourth-order valence-corrected chi connectivity index (χ4v) is 2.70. The standard InChI is InChI=1S/C12H10N4O2S2/c1-19-12-16-13-9(20-12)7-17-11-15-14-10(18-11)8-5-3-2-4-6-8/h2-6H,7H2,1H3. The van der Waals surface area contributed by atoms with Crippen LogP contribution in [-0.2, 0) is 6.61 Å². The van der Waals surface area contributed by atoms with Gasteiger partial charge < -0.3 is 9.15 Å². The number of ether oxygens (including phenoxy) is 1. The van der Waals surface area contributed by atoms with Crippen molar-refractivity contribution in [1.82, 2.24) is 20.4 Å². The molecule has 0 aliphatic carbocycles. The van der Waals surface area contributed by atoms with E-state index >= 15 is 0 Å². The third-order valence-corrected chi connectivity index (χ3v) is 4.24. The van der Waals surface area contributed by atoms with Crippen molar-refractivity contribution in [1.29, 1.82) is 0 Å². The maximum absolute atomic E-state index is 5.43. The average molecular weight is 306 g/mol. The zero-order valence-corrected chi connectivity index (χ0v) is 12.1. The lowest BCUT2D eigenvalue weighted by atomic mass is 10.2. The van der Waals surface area contributed by atoms with Crippen molar-refractivity contribution in [2.75, 3.05) is 6.26 Å². The number of hydrogen-bond donors (Lipinski definition) is 0. The Balaban J connectivity index is 1.65. The van der Waals surface area contributed by atoms with Crippen LogP contribution in [0.4, 0.5) is 0 Å². The van der Waals surface area contributed by atoms with Crippen LogP contribution in [0.3, 0.4) is 0 Å². The Morgan fingerprint density at radius 2 is 2.00 bits per heavy atom. The predicted octanol–water partition coefficient (Wildman–Crippen LogP) is 2.89. The molecule has 6 nitrogen and oxygen atoms in total. The van der Waals surface area contributed by atoms with Gasteiger partial charge >= 0.3 is 6.08 Å². The summed E-state index contributed by atoms with van der Waals surface area (Å²) in [6.07, 6.45) is 2.08. The normalized spacial score (nSPS) is 10.7. The van der Waals surface area contributed by atoms with Crippen molar-refractivity contribution in [3.05, 3.63) is 35.3 Å². The topological polar surface area (TPSA) is 73.9 Å². The first-order valence-corrected chi connectivity index (χ1v) is 7.77. The monoisotopic (exact) mass is 306 g/mol. The van der Waals surface area contributed by atoms with Gasteiger partial charge in [0.25, 0.3) is 5.89 Å². The van der Waals surface area contributed by atoms with Gasteiger partial charge in [-0.2, -0.15) is 0 Å². The third kappa shape index (κ3) is 2.97. The minimum absolute atomic E-state index is 0.129.